The van der Waals surface area contributed by atoms with Crippen LogP contribution in [0, 0.1) is 5.92 Å². The molecule has 3 heteroatoms. The SMILES string of the molecule is CCCC1CCC(CI)(OC2COC2)CC1. The Balaban J connectivity index is 1.81. The fourth-order valence-corrected chi connectivity index (χ4v) is 3.76. The van der Waals surface area contributed by atoms with Crippen LogP contribution < -0.4 is 0 Å². The maximum Gasteiger partial charge on any atom is 0.105 e. The number of alkyl halides is 1. The maximum atomic E-state index is 6.26. The number of hydrogen-bond donors (Lipinski definition) is 0. The summed E-state index contributed by atoms with van der Waals surface area (Å²) in [6.45, 7) is 3.93. The van der Waals surface area contributed by atoms with Crippen LogP contribution in [-0.2, 0) is 9.47 Å². The highest BCUT2D eigenvalue weighted by molar-refractivity contribution is 14.1. The smallest absolute Gasteiger partial charge is 0.105 e. The molecule has 0 atom stereocenters. The molecule has 1 saturated heterocycles. The molecular formula is C13H23IO2. The summed E-state index contributed by atoms with van der Waals surface area (Å²) in [4.78, 5) is 0. The third kappa shape index (κ3) is 3.10. The van der Waals surface area contributed by atoms with Gasteiger partial charge in [0.25, 0.3) is 0 Å². The summed E-state index contributed by atoms with van der Waals surface area (Å²) in [5, 5.41) is 0. The molecule has 0 radical (unpaired) electrons. The Bertz CT molecular complexity index is 208. The van der Waals surface area contributed by atoms with E-state index >= 15 is 0 Å². The van der Waals surface area contributed by atoms with Crippen molar-refractivity contribution in [2.45, 2.75) is 57.2 Å². The average molecular weight is 338 g/mol. The van der Waals surface area contributed by atoms with Crippen molar-refractivity contribution in [3.63, 3.8) is 0 Å². The van der Waals surface area contributed by atoms with Gasteiger partial charge in [0.1, 0.15) is 6.10 Å². The van der Waals surface area contributed by atoms with Crippen molar-refractivity contribution >= 4 is 22.6 Å². The lowest BCUT2D eigenvalue weighted by Gasteiger charge is -2.43. The number of halogens is 1. The van der Waals surface area contributed by atoms with E-state index in [0.717, 1.165) is 23.6 Å². The van der Waals surface area contributed by atoms with Crippen molar-refractivity contribution in [2.75, 3.05) is 17.6 Å². The first-order chi connectivity index (χ1) is 7.78. The quantitative estimate of drug-likeness (QED) is 0.564. The van der Waals surface area contributed by atoms with Crippen LogP contribution in [0.25, 0.3) is 0 Å². The zero-order chi connectivity index (χ0) is 11.4. The van der Waals surface area contributed by atoms with Gasteiger partial charge in [-0.3, -0.25) is 0 Å². The van der Waals surface area contributed by atoms with Gasteiger partial charge in [0.05, 0.1) is 18.8 Å². The summed E-state index contributed by atoms with van der Waals surface area (Å²) in [5.74, 6) is 0.960. The van der Waals surface area contributed by atoms with E-state index in [1.807, 2.05) is 0 Å². The molecule has 0 aromatic rings. The van der Waals surface area contributed by atoms with Gasteiger partial charge in [-0.2, -0.15) is 0 Å². The first kappa shape index (κ1) is 13.1. The molecule has 0 amide bonds. The van der Waals surface area contributed by atoms with Gasteiger partial charge < -0.3 is 9.47 Å². The first-order valence-electron chi connectivity index (χ1n) is 6.59. The Kier molecular flexibility index (Phi) is 4.91. The summed E-state index contributed by atoms with van der Waals surface area (Å²) in [5.41, 5.74) is 0.180. The minimum Gasteiger partial charge on any atom is -0.376 e. The summed E-state index contributed by atoms with van der Waals surface area (Å²) in [6, 6.07) is 0. The van der Waals surface area contributed by atoms with Crippen LogP contribution in [0.2, 0.25) is 0 Å². The molecule has 0 unspecified atom stereocenters. The Hall–Kier alpha value is 0.650. The number of rotatable bonds is 5. The van der Waals surface area contributed by atoms with Gasteiger partial charge in [0, 0.05) is 4.43 Å². The van der Waals surface area contributed by atoms with E-state index in [0.29, 0.717) is 6.10 Å². The van der Waals surface area contributed by atoms with Crippen molar-refractivity contribution < 1.29 is 9.47 Å². The normalized spacial score (nSPS) is 36.0. The van der Waals surface area contributed by atoms with E-state index in [1.165, 1.54) is 38.5 Å². The molecule has 0 N–H and O–H groups in total. The first-order valence-corrected chi connectivity index (χ1v) is 8.12. The highest BCUT2D eigenvalue weighted by Crippen LogP contribution is 2.39. The third-order valence-corrected chi connectivity index (χ3v) is 5.37. The molecule has 0 aromatic heterocycles. The molecule has 1 aliphatic heterocycles. The lowest BCUT2D eigenvalue weighted by atomic mass is 9.78. The fourth-order valence-electron chi connectivity index (χ4n) is 2.82. The van der Waals surface area contributed by atoms with Gasteiger partial charge in [-0.25, -0.2) is 0 Å². The molecule has 2 aliphatic rings. The van der Waals surface area contributed by atoms with Gasteiger partial charge >= 0.3 is 0 Å². The second-order valence-corrected chi connectivity index (χ2v) is 6.09. The largest absolute Gasteiger partial charge is 0.376 e. The second-order valence-electron chi connectivity index (χ2n) is 5.33. The summed E-state index contributed by atoms with van der Waals surface area (Å²) < 4.78 is 12.6. The topological polar surface area (TPSA) is 18.5 Å². The van der Waals surface area contributed by atoms with Crippen LogP contribution in [0.1, 0.15) is 45.4 Å². The molecule has 0 spiro atoms. The molecule has 2 rings (SSSR count). The van der Waals surface area contributed by atoms with Gasteiger partial charge in [0.15, 0.2) is 0 Å². The zero-order valence-electron chi connectivity index (χ0n) is 10.2. The van der Waals surface area contributed by atoms with Crippen LogP contribution in [0.4, 0.5) is 0 Å². The van der Waals surface area contributed by atoms with Crippen LogP contribution >= 0.6 is 22.6 Å². The predicted octanol–water partition coefficient (Wildman–Crippen LogP) is 3.57. The van der Waals surface area contributed by atoms with E-state index in [2.05, 4.69) is 29.5 Å². The Morgan fingerprint density at radius 1 is 1.31 bits per heavy atom. The lowest BCUT2D eigenvalue weighted by Crippen LogP contribution is -2.48. The highest BCUT2D eigenvalue weighted by atomic mass is 127. The second kappa shape index (κ2) is 6.01. The minimum atomic E-state index is 0.180. The Morgan fingerprint density at radius 2 is 2.00 bits per heavy atom. The predicted molar refractivity (Wildman–Crippen MR) is 74.2 cm³/mol. The molecule has 2 nitrogen and oxygen atoms in total. The average Bonchev–Trinajstić information content (AvgIpc) is 2.27. The number of ether oxygens (including phenoxy) is 2. The molecule has 0 bridgehead atoms. The van der Waals surface area contributed by atoms with E-state index in [1.54, 1.807) is 0 Å². The highest BCUT2D eigenvalue weighted by Gasteiger charge is 2.38. The molecule has 1 aliphatic carbocycles. The number of hydrogen-bond acceptors (Lipinski definition) is 2. The van der Waals surface area contributed by atoms with E-state index in [4.69, 9.17) is 9.47 Å². The van der Waals surface area contributed by atoms with Crippen molar-refractivity contribution in [1.82, 2.24) is 0 Å². The summed E-state index contributed by atoms with van der Waals surface area (Å²) in [6.07, 6.45) is 8.38. The molecule has 16 heavy (non-hydrogen) atoms. The minimum absolute atomic E-state index is 0.180. The molecule has 0 aromatic carbocycles. The van der Waals surface area contributed by atoms with Gasteiger partial charge in [0.2, 0.25) is 0 Å². The van der Waals surface area contributed by atoms with Crippen LogP contribution in [0.15, 0.2) is 0 Å². The van der Waals surface area contributed by atoms with Crippen LogP contribution in [-0.4, -0.2) is 29.3 Å². The lowest BCUT2D eigenvalue weighted by molar-refractivity contribution is -0.195. The molecular weight excluding hydrogens is 315 g/mol. The van der Waals surface area contributed by atoms with Crippen LogP contribution in [0.5, 0.6) is 0 Å². The Labute approximate surface area is 113 Å². The fraction of sp³-hybridized carbons (Fsp3) is 1.00. The standard InChI is InChI=1S/C13H23IO2/c1-2-3-11-4-6-13(10-14,7-5-11)16-12-8-15-9-12/h11-12H,2-10H2,1H3. The van der Waals surface area contributed by atoms with Crippen molar-refractivity contribution in [2.24, 2.45) is 5.92 Å². The van der Waals surface area contributed by atoms with Crippen molar-refractivity contribution in [3.05, 3.63) is 0 Å². The molecule has 94 valence electrons. The Morgan fingerprint density at radius 3 is 2.44 bits per heavy atom. The van der Waals surface area contributed by atoms with E-state index < -0.39 is 0 Å². The molecule has 1 heterocycles. The zero-order valence-corrected chi connectivity index (χ0v) is 12.4. The molecule has 2 fully saturated rings. The van der Waals surface area contributed by atoms with Crippen molar-refractivity contribution in [1.29, 1.82) is 0 Å². The van der Waals surface area contributed by atoms with E-state index in [-0.39, 0.29) is 5.60 Å². The van der Waals surface area contributed by atoms with Gasteiger partial charge in [-0.05, 0) is 31.6 Å². The third-order valence-electron chi connectivity index (χ3n) is 3.98. The molecule has 1 saturated carbocycles. The van der Waals surface area contributed by atoms with Crippen molar-refractivity contribution in [3.8, 4) is 0 Å². The maximum absolute atomic E-state index is 6.26. The van der Waals surface area contributed by atoms with Crippen LogP contribution in [0.3, 0.4) is 0 Å². The summed E-state index contributed by atoms with van der Waals surface area (Å²) in [7, 11) is 0. The summed E-state index contributed by atoms with van der Waals surface area (Å²) >= 11 is 2.50. The van der Waals surface area contributed by atoms with E-state index in [9.17, 15) is 0 Å². The van der Waals surface area contributed by atoms with Gasteiger partial charge in [-0.15, -0.1) is 0 Å². The monoisotopic (exact) mass is 338 g/mol. The van der Waals surface area contributed by atoms with Gasteiger partial charge in [-0.1, -0.05) is 42.4 Å².